The fourth-order valence-corrected chi connectivity index (χ4v) is 4.34. The smallest absolute Gasteiger partial charge is 0.341 e. The van der Waals surface area contributed by atoms with E-state index in [1.807, 2.05) is 6.07 Å². The Hall–Kier alpha value is -2.47. The summed E-state index contributed by atoms with van der Waals surface area (Å²) in [6.07, 6.45) is 3.76. The molecule has 0 aliphatic carbocycles. The number of pyridine rings is 1. The zero-order chi connectivity index (χ0) is 20.2. The molecule has 1 N–H and O–H groups in total. The Morgan fingerprint density at radius 2 is 1.82 bits per heavy atom. The van der Waals surface area contributed by atoms with Crippen LogP contribution in [-0.2, 0) is 6.54 Å². The second kappa shape index (κ2) is 6.55. The molecule has 2 aromatic rings. The predicted octanol–water partition coefficient (Wildman–Crippen LogP) is 3.72. The Bertz CT molecular complexity index is 1020. The van der Waals surface area contributed by atoms with E-state index in [1.165, 1.54) is 12.3 Å². The molecule has 0 unspecified atom stereocenters. The van der Waals surface area contributed by atoms with E-state index in [1.54, 1.807) is 4.68 Å². The van der Waals surface area contributed by atoms with Crippen molar-refractivity contribution in [1.82, 2.24) is 4.68 Å². The van der Waals surface area contributed by atoms with Crippen molar-refractivity contribution >= 4 is 23.3 Å². The Balaban J connectivity index is 1.94. The number of nitrogens with zero attached hydrogens (tertiary/aromatic N) is 3. The van der Waals surface area contributed by atoms with E-state index >= 15 is 0 Å². The highest BCUT2D eigenvalue weighted by Gasteiger charge is 2.31. The van der Waals surface area contributed by atoms with Gasteiger partial charge in [-0.05, 0) is 51.3 Å². The third kappa shape index (κ3) is 3.05. The molecule has 4 rings (SSSR count). The van der Waals surface area contributed by atoms with Crippen molar-refractivity contribution in [3.8, 4) is 11.3 Å². The molecular formula is C21H24ClN3O3. The molecule has 1 saturated heterocycles. The van der Waals surface area contributed by atoms with Gasteiger partial charge in [0, 0.05) is 36.5 Å². The van der Waals surface area contributed by atoms with Crippen molar-refractivity contribution in [2.24, 2.45) is 0 Å². The lowest BCUT2D eigenvalue weighted by atomic mass is 9.97. The summed E-state index contributed by atoms with van der Waals surface area (Å²) >= 11 is 6.62. The highest BCUT2D eigenvalue weighted by molar-refractivity contribution is 6.33. The van der Waals surface area contributed by atoms with E-state index in [0.717, 1.165) is 42.7 Å². The standard InChI is InChI=1S/C21H24ClN3O3/c1-21(2,3)25-11-13-8-18(23-6-4-5-7-23)16(22)9-14(13)17-10-19(26)15(20(27)28)12-24(17)25/h8-10,12H,4-7,11H2,1-3H3,(H,27,28). The van der Waals surface area contributed by atoms with Crippen LogP contribution in [0.3, 0.4) is 0 Å². The summed E-state index contributed by atoms with van der Waals surface area (Å²) in [6, 6.07) is 5.45. The van der Waals surface area contributed by atoms with Crippen LogP contribution in [0.5, 0.6) is 0 Å². The summed E-state index contributed by atoms with van der Waals surface area (Å²) in [5.41, 5.74) is 2.66. The molecule has 0 amide bonds. The maximum absolute atomic E-state index is 12.4. The molecule has 6 nitrogen and oxygen atoms in total. The Morgan fingerprint density at radius 1 is 1.14 bits per heavy atom. The third-order valence-corrected chi connectivity index (χ3v) is 5.81. The van der Waals surface area contributed by atoms with E-state index in [9.17, 15) is 14.7 Å². The van der Waals surface area contributed by atoms with Crippen LogP contribution in [0.1, 0.15) is 49.5 Å². The quantitative estimate of drug-likeness (QED) is 0.830. The molecule has 0 saturated carbocycles. The molecule has 28 heavy (non-hydrogen) atoms. The summed E-state index contributed by atoms with van der Waals surface area (Å²) in [7, 11) is 0. The predicted molar refractivity (Wildman–Crippen MR) is 111 cm³/mol. The second-order valence-corrected chi connectivity index (χ2v) is 8.88. The Labute approximate surface area is 168 Å². The molecule has 2 aliphatic heterocycles. The molecule has 7 heteroatoms. The topological polar surface area (TPSA) is 65.8 Å². The number of hydrogen-bond donors (Lipinski definition) is 1. The van der Waals surface area contributed by atoms with Crippen molar-refractivity contribution in [1.29, 1.82) is 0 Å². The van der Waals surface area contributed by atoms with Gasteiger partial charge in [0.15, 0.2) is 5.43 Å². The molecular weight excluding hydrogens is 378 g/mol. The van der Waals surface area contributed by atoms with Crippen LogP contribution < -0.4 is 15.3 Å². The number of hydrogen-bond acceptors (Lipinski definition) is 4. The van der Waals surface area contributed by atoms with Gasteiger partial charge in [-0.3, -0.25) is 9.47 Å². The van der Waals surface area contributed by atoms with Gasteiger partial charge < -0.3 is 15.0 Å². The van der Waals surface area contributed by atoms with Gasteiger partial charge in [0.25, 0.3) is 0 Å². The van der Waals surface area contributed by atoms with E-state index in [4.69, 9.17) is 11.6 Å². The number of halogens is 1. The summed E-state index contributed by atoms with van der Waals surface area (Å²) in [4.78, 5) is 26.2. The monoisotopic (exact) mass is 401 g/mol. The number of carboxylic acids is 1. The normalized spacial score (nSPS) is 16.1. The van der Waals surface area contributed by atoms with Crippen LogP contribution >= 0.6 is 11.6 Å². The van der Waals surface area contributed by atoms with E-state index in [2.05, 4.69) is 36.7 Å². The van der Waals surface area contributed by atoms with Crippen LogP contribution in [0.25, 0.3) is 11.3 Å². The van der Waals surface area contributed by atoms with Crippen molar-refractivity contribution in [2.75, 3.05) is 23.0 Å². The number of fused-ring (bicyclic) bond motifs is 3. The molecule has 0 atom stereocenters. The maximum Gasteiger partial charge on any atom is 0.341 e. The Kier molecular flexibility index (Phi) is 4.42. The van der Waals surface area contributed by atoms with Crippen LogP contribution in [-0.4, -0.2) is 34.4 Å². The molecule has 1 fully saturated rings. The Morgan fingerprint density at radius 3 is 2.43 bits per heavy atom. The molecule has 0 bridgehead atoms. The lowest BCUT2D eigenvalue weighted by Crippen LogP contribution is -2.51. The van der Waals surface area contributed by atoms with Gasteiger partial charge in [0.1, 0.15) is 5.56 Å². The lowest BCUT2D eigenvalue weighted by Gasteiger charge is -2.44. The summed E-state index contributed by atoms with van der Waals surface area (Å²) < 4.78 is 1.79. The number of benzene rings is 1. The van der Waals surface area contributed by atoms with Gasteiger partial charge in [-0.2, -0.15) is 0 Å². The molecule has 0 spiro atoms. The number of carboxylic acid groups (broad SMARTS) is 1. The molecule has 148 valence electrons. The van der Waals surface area contributed by atoms with Crippen molar-refractivity contribution < 1.29 is 9.90 Å². The molecule has 2 aliphatic rings. The fraction of sp³-hybridized carbons (Fsp3) is 0.429. The summed E-state index contributed by atoms with van der Waals surface area (Å²) in [5.74, 6) is -1.22. The average molecular weight is 402 g/mol. The first kappa shape index (κ1) is 18.9. The highest BCUT2D eigenvalue weighted by atomic mass is 35.5. The average Bonchev–Trinajstić information content (AvgIpc) is 3.13. The number of anilines is 1. The first-order valence-corrected chi connectivity index (χ1v) is 9.90. The van der Waals surface area contributed by atoms with E-state index in [0.29, 0.717) is 17.3 Å². The van der Waals surface area contributed by atoms with Gasteiger partial charge >= 0.3 is 5.97 Å². The number of carbonyl (C=O) groups is 1. The minimum absolute atomic E-state index is 0.235. The summed E-state index contributed by atoms with van der Waals surface area (Å²) in [6.45, 7) is 8.80. The van der Waals surface area contributed by atoms with Gasteiger partial charge in [-0.1, -0.05) is 11.6 Å². The SMILES string of the molecule is CC(C)(C)N1Cc2cc(N3CCCC3)c(Cl)cc2-c2cc(=O)c(C(=O)O)cn21. The van der Waals surface area contributed by atoms with Crippen LogP contribution in [0.4, 0.5) is 5.69 Å². The van der Waals surface area contributed by atoms with Crippen molar-refractivity contribution in [2.45, 2.75) is 45.7 Å². The second-order valence-electron chi connectivity index (χ2n) is 8.47. The third-order valence-electron chi connectivity index (χ3n) is 5.51. The lowest BCUT2D eigenvalue weighted by molar-refractivity contribution is 0.0694. The van der Waals surface area contributed by atoms with Crippen LogP contribution in [0.15, 0.2) is 29.2 Å². The van der Waals surface area contributed by atoms with E-state index < -0.39 is 11.4 Å². The van der Waals surface area contributed by atoms with Crippen molar-refractivity contribution in [3.05, 3.63) is 50.8 Å². The number of aromatic carboxylic acids is 1. The highest BCUT2D eigenvalue weighted by Crippen LogP contribution is 2.39. The minimum Gasteiger partial charge on any atom is -0.477 e. The largest absolute Gasteiger partial charge is 0.477 e. The summed E-state index contributed by atoms with van der Waals surface area (Å²) in [5, 5.41) is 12.1. The fourth-order valence-electron chi connectivity index (χ4n) is 4.06. The van der Waals surface area contributed by atoms with Gasteiger partial charge in [-0.25, -0.2) is 4.79 Å². The van der Waals surface area contributed by atoms with Gasteiger partial charge in [0.2, 0.25) is 0 Å². The maximum atomic E-state index is 12.4. The van der Waals surface area contributed by atoms with Crippen molar-refractivity contribution in [3.63, 3.8) is 0 Å². The van der Waals surface area contributed by atoms with Gasteiger partial charge in [0.05, 0.1) is 22.9 Å². The van der Waals surface area contributed by atoms with Gasteiger partial charge in [-0.15, -0.1) is 0 Å². The van der Waals surface area contributed by atoms with E-state index in [-0.39, 0.29) is 11.1 Å². The molecule has 1 aromatic heterocycles. The van der Waals surface area contributed by atoms with Crippen LogP contribution in [0, 0.1) is 0 Å². The first-order valence-electron chi connectivity index (χ1n) is 9.52. The number of rotatable bonds is 2. The molecule has 0 radical (unpaired) electrons. The van der Waals surface area contributed by atoms with Crippen LogP contribution in [0.2, 0.25) is 5.02 Å². The zero-order valence-electron chi connectivity index (χ0n) is 16.3. The molecule has 3 heterocycles. The molecule has 1 aromatic carbocycles. The first-order chi connectivity index (χ1) is 13.2. The minimum atomic E-state index is -1.22. The zero-order valence-corrected chi connectivity index (χ0v) is 17.1. The number of aromatic nitrogens is 1.